The first-order chi connectivity index (χ1) is 7.22. The van der Waals surface area contributed by atoms with Gasteiger partial charge in [-0.25, -0.2) is 0 Å². The fourth-order valence-electron chi connectivity index (χ4n) is 1.73. The molecule has 1 atom stereocenters. The summed E-state index contributed by atoms with van der Waals surface area (Å²) in [6.45, 7) is 5.54. The third kappa shape index (κ3) is 5.14. The van der Waals surface area contributed by atoms with Crippen LogP contribution in [0.4, 0.5) is 0 Å². The maximum Gasteiger partial charge on any atom is 0.219 e. The van der Waals surface area contributed by atoms with Crippen molar-refractivity contribution in [3.8, 4) is 0 Å². The summed E-state index contributed by atoms with van der Waals surface area (Å²) in [5.41, 5.74) is 0. The number of ether oxygens (including phenoxy) is 1. The SMILES string of the molecule is CCCC(=O)NCCC1CN(C)CCO1. The molecule has 1 N–H and O–H groups in total. The van der Waals surface area contributed by atoms with Gasteiger partial charge >= 0.3 is 0 Å². The van der Waals surface area contributed by atoms with Crippen molar-refractivity contribution in [1.82, 2.24) is 10.2 Å². The second-order valence-electron chi connectivity index (χ2n) is 4.14. The Kier molecular flexibility index (Phi) is 5.65. The quantitative estimate of drug-likeness (QED) is 0.729. The normalized spacial score (nSPS) is 22.7. The van der Waals surface area contributed by atoms with Crippen LogP contribution < -0.4 is 5.32 Å². The molecule has 0 aromatic rings. The maximum atomic E-state index is 11.2. The van der Waals surface area contributed by atoms with E-state index in [1.165, 1.54) is 0 Å². The molecule has 1 amide bonds. The first kappa shape index (κ1) is 12.5. The van der Waals surface area contributed by atoms with Crippen LogP contribution in [0.5, 0.6) is 0 Å². The van der Waals surface area contributed by atoms with Crippen molar-refractivity contribution in [3.63, 3.8) is 0 Å². The molecule has 0 aromatic carbocycles. The highest BCUT2D eigenvalue weighted by Gasteiger charge is 2.17. The minimum Gasteiger partial charge on any atom is -0.375 e. The Bertz CT molecular complexity index is 197. The smallest absolute Gasteiger partial charge is 0.219 e. The molecule has 88 valence electrons. The van der Waals surface area contributed by atoms with Gasteiger partial charge in [-0.15, -0.1) is 0 Å². The zero-order valence-corrected chi connectivity index (χ0v) is 9.79. The number of rotatable bonds is 5. The van der Waals surface area contributed by atoms with Gasteiger partial charge in [-0.3, -0.25) is 4.79 Å². The molecule has 0 bridgehead atoms. The number of nitrogens with one attached hydrogen (secondary N) is 1. The van der Waals surface area contributed by atoms with Gasteiger partial charge in [-0.05, 0) is 19.9 Å². The summed E-state index contributed by atoms with van der Waals surface area (Å²) in [5.74, 6) is 0.154. The molecule has 1 fully saturated rings. The summed E-state index contributed by atoms with van der Waals surface area (Å²) in [5, 5.41) is 2.91. The van der Waals surface area contributed by atoms with Crippen molar-refractivity contribution in [2.45, 2.75) is 32.3 Å². The minimum atomic E-state index is 0.154. The molecule has 1 aliphatic heterocycles. The lowest BCUT2D eigenvalue weighted by Crippen LogP contribution is -2.41. The van der Waals surface area contributed by atoms with Gasteiger partial charge in [0.25, 0.3) is 0 Å². The molecular weight excluding hydrogens is 192 g/mol. The molecular formula is C11H22N2O2. The van der Waals surface area contributed by atoms with Crippen molar-refractivity contribution in [2.24, 2.45) is 0 Å². The summed E-state index contributed by atoms with van der Waals surface area (Å²) in [4.78, 5) is 13.5. The van der Waals surface area contributed by atoms with Gasteiger partial charge < -0.3 is 15.0 Å². The van der Waals surface area contributed by atoms with Crippen LogP contribution in [0.3, 0.4) is 0 Å². The number of amides is 1. The Morgan fingerprint density at radius 2 is 2.40 bits per heavy atom. The second-order valence-corrected chi connectivity index (χ2v) is 4.14. The van der Waals surface area contributed by atoms with Gasteiger partial charge in [0, 0.05) is 26.1 Å². The highest BCUT2D eigenvalue weighted by molar-refractivity contribution is 5.75. The van der Waals surface area contributed by atoms with E-state index in [0.29, 0.717) is 6.42 Å². The van der Waals surface area contributed by atoms with Crippen LogP contribution >= 0.6 is 0 Å². The molecule has 0 spiro atoms. The lowest BCUT2D eigenvalue weighted by atomic mass is 10.2. The molecule has 0 saturated carbocycles. The van der Waals surface area contributed by atoms with Gasteiger partial charge in [-0.1, -0.05) is 6.92 Å². The molecule has 0 aliphatic carbocycles. The van der Waals surface area contributed by atoms with Gasteiger partial charge in [0.2, 0.25) is 5.91 Å². The topological polar surface area (TPSA) is 41.6 Å². The van der Waals surface area contributed by atoms with Crippen molar-refractivity contribution in [2.75, 3.05) is 33.3 Å². The largest absolute Gasteiger partial charge is 0.375 e. The minimum absolute atomic E-state index is 0.154. The van der Waals surface area contributed by atoms with Crippen LogP contribution in [0.1, 0.15) is 26.2 Å². The fourth-order valence-corrected chi connectivity index (χ4v) is 1.73. The van der Waals surface area contributed by atoms with E-state index in [9.17, 15) is 4.79 Å². The van der Waals surface area contributed by atoms with Crippen LogP contribution in [0.2, 0.25) is 0 Å². The van der Waals surface area contributed by atoms with Crippen LogP contribution in [0.15, 0.2) is 0 Å². The predicted molar refractivity (Wildman–Crippen MR) is 59.8 cm³/mol. The Balaban J connectivity index is 2.06. The average Bonchev–Trinajstić information content (AvgIpc) is 2.18. The second kappa shape index (κ2) is 6.80. The number of carbonyl (C=O) groups is 1. The number of carbonyl (C=O) groups excluding carboxylic acids is 1. The standard InChI is InChI=1S/C11H22N2O2/c1-3-4-11(14)12-6-5-10-9-13(2)7-8-15-10/h10H,3-9H2,1-2H3,(H,12,14). The summed E-state index contributed by atoms with van der Waals surface area (Å²) < 4.78 is 5.60. The third-order valence-electron chi connectivity index (χ3n) is 2.61. The lowest BCUT2D eigenvalue weighted by molar-refractivity contribution is -0.121. The Labute approximate surface area is 92.0 Å². The molecule has 1 unspecified atom stereocenters. The van der Waals surface area contributed by atoms with Crippen molar-refractivity contribution in [3.05, 3.63) is 0 Å². The van der Waals surface area contributed by atoms with E-state index in [4.69, 9.17) is 4.74 Å². The molecule has 1 aliphatic rings. The van der Waals surface area contributed by atoms with Gasteiger partial charge in [0.05, 0.1) is 12.7 Å². The third-order valence-corrected chi connectivity index (χ3v) is 2.61. The zero-order chi connectivity index (χ0) is 11.1. The Morgan fingerprint density at radius 1 is 1.60 bits per heavy atom. The van der Waals surface area contributed by atoms with E-state index in [1.54, 1.807) is 0 Å². The van der Waals surface area contributed by atoms with E-state index in [0.717, 1.165) is 39.1 Å². The first-order valence-electron chi connectivity index (χ1n) is 5.79. The highest BCUT2D eigenvalue weighted by Crippen LogP contribution is 2.05. The molecule has 0 aromatic heterocycles. The van der Waals surface area contributed by atoms with E-state index in [2.05, 4.69) is 17.3 Å². The number of hydrogen-bond donors (Lipinski definition) is 1. The molecule has 1 rings (SSSR count). The lowest BCUT2D eigenvalue weighted by Gasteiger charge is -2.30. The van der Waals surface area contributed by atoms with Crippen LogP contribution in [-0.2, 0) is 9.53 Å². The number of nitrogens with zero attached hydrogens (tertiary/aromatic N) is 1. The van der Waals surface area contributed by atoms with E-state index >= 15 is 0 Å². The van der Waals surface area contributed by atoms with Gasteiger partial charge in [-0.2, -0.15) is 0 Å². The monoisotopic (exact) mass is 214 g/mol. The molecule has 4 heteroatoms. The number of likely N-dealkylation sites (N-methyl/N-ethyl adjacent to an activating group) is 1. The van der Waals surface area contributed by atoms with Gasteiger partial charge in [0.15, 0.2) is 0 Å². The van der Waals surface area contributed by atoms with Gasteiger partial charge in [0.1, 0.15) is 0 Å². The highest BCUT2D eigenvalue weighted by atomic mass is 16.5. The first-order valence-corrected chi connectivity index (χ1v) is 5.79. The van der Waals surface area contributed by atoms with Crippen LogP contribution in [0.25, 0.3) is 0 Å². The average molecular weight is 214 g/mol. The van der Waals surface area contributed by atoms with E-state index in [-0.39, 0.29) is 12.0 Å². The fraction of sp³-hybridized carbons (Fsp3) is 0.909. The molecule has 1 saturated heterocycles. The van der Waals surface area contributed by atoms with Crippen LogP contribution in [0, 0.1) is 0 Å². The summed E-state index contributed by atoms with van der Waals surface area (Å²) >= 11 is 0. The number of morpholine rings is 1. The van der Waals surface area contributed by atoms with E-state index < -0.39 is 0 Å². The van der Waals surface area contributed by atoms with Crippen molar-refractivity contribution >= 4 is 5.91 Å². The summed E-state index contributed by atoms with van der Waals surface area (Å²) in [6, 6.07) is 0. The van der Waals surface area contributed by atoms with Crippen molar-refractivity contribution < 1.29 is 9.53 Å². The Morgan fingerprint density at radius 3 is 3.07 bits per heavy atom. The summed E-state index contributed by atoms with van der Waals surface area (Å²) in [7, 11) is 2.10. The number of hydrogen-bond acceptors (Lipinski definition) is 3. The van der Waals surface area contributed by atoms with Crippen molar-refractivity contribution in [1.29, 1.82) is 0 Å². The van der Waals surface area contributed by atoms with Crippen LogP contribution in [-0.4, -0.2) is 50.2 Å². The predicted octanol–water partition coefficient (Wildman–Crippen LogP) is 0.623. The Hall–Kier alpha value is -0.610. The summed E-state index contributed by atoms with van der Waals surface area (Å²) in [6.07, 6.45) is 2.74. The van der Waals surface area contributed by atoms with E-state index in [1.807, 2.05) is 6.92 Å². The molecule has 1 heterocycles. The maximum absolute atomic E-state index is 11.2. The molecule has 4 nitrogen and oxygen atoms in total. The zero-order valence-electron chi connectivity index (χ0n) is 9.79. The molecule has 15 heavy (non-hydrogen) atoms. The molecule has 0 radical (unpaired) electrons.